The van der Waals surface area contributed by atoms with Gasteiger partial charge in [-0.25, -0.2) is 0 Å². The highest BCUT2D eigenvalue weighted by Crippen LogP contribution is 2.34. The number of ether oxygens (including phenoxy) is 1. The molecule has 0 aromatic heterocycles. The summed E-state index contributed by atoms with van der Waals surface area (Å²) in [7, 11) is 1.59. The quantitative estimate of drug-likeness (QED) is 0.844. The third-order valence-corrected chi connectivity index (χ3v) is 4.36. The molecule has 0 radical (unpaired) electrons. The Morgan fingerprint density at radius 1 is 1.18 bits per heavy atom. The maximum Gasteiger partial charge on any atom is 0.258 e. The predicted molar refractivity (Wildman–Crippen MR) is 87.5 cm³/mol. The Bertz CT molecular complexity index is 669. The lowest BCUT2D eigenvalue weighted by Crippen LogP contribution is -2.30. The van der Waals surface area contributed by atoms with Crippen molar-refractivity contribution < 1.29 is 9.53 Å². The minimum Gasteiger partial charge on any atom is -0.496 e. The normalized spacial score (nSPS) is 17.5. The van der Waals surface area contributed by atoms with Crippen LogP contribution in [0.25, 0.3) is 0 Å². The van der Waals surface area contributed by atoms with E-state index in [4.69, 9.17) is 16.3 Å². The number of rotatable bonds is 3. The number of nitrogens with zero attached hydrogens (tertiary/aromatic N) is 1. The molecule has 22 heavy (non-hydrogen) atoms. The Labute approximate surface area is 135 Å². The van der Waals surface area contributed by atoms with Crippen molar-refractivity contribution in [2.75, 3.05) is 13.7 Å². The van der Waals surface area contributed by atoms with E-state index in [9.17, 15) is 4.79 Å². The molecule has 0 unspecified atom stereocenters. The molecule has 3 rings (SSSR count). The summed E-state index contributed by atoms with van der Waals surface area (Å²) in [4.78, 5) is 14.8. The number of hydrogen-bond acceptors (Lipinski definition) is 2. The van der Waals surface area contributed by atoms with Crippen LogP contribution in [0.15, 0.2) is 48.5 Å². The first-order valence-corrected chi connectivity index (χ1v) is 7.78. The van der Waals surface area contributed by atoms with Crippen LogP contribution < -0.4 is 4.74 Å². The van der Waals surface area contributed by atoms with Crippen molar-refractivity contribution in [3.8, 4) is 5.75 Å². The lowest BCUT2D eigenvalue weighted by Gasteiger charge is -2.26. The van der Waals surface area contributed by atoms with E-state index in [2.05, 4.69) is 0 Å². The Balaban J connectivity index is 1.89. The molecule has 0 aliphatic carbocycles. The zero-order chi connectivity index (χ0) is 15.5. The third kappa shape index (κ3) is 2.81. The highest BCUT2D eigenvalue weighted by atomic mass is 35.5. The maximum absolute atomic E-state index is 12.9. The fraction of sp³-hybridized carbons (Fsp3) is 0.278. The molecule has 114 valence electrons. The van der Waals surface area contributed by atoms with Gasteiger partial charge in [0.15, 0.2) is 0 Å². The van der Waals surface area contributed by atoms with Crippen LogP contribution >= 0.6 is 11.6 Å². The first kappa shape index (κ1) is 14.9. The van der Waals surface area contributed by atoms with E-state index in [-0.39, 0.29) is 11.9 Å². The van der Waals surface area contributed by atoms with E-state index in [1.807, 2.05) is 53.4 Å². The summed E-state index contributed by atoms with van der Waals surface area (Å²) in [6.45, 7) is 0.768. The monoisotopic (exact) mass is 315 g/mol. The summed E-state index contributed by atoms with van der Waals surface area (Å²) < 4.78 is 5.32. The van der Waals surface area contributed by atoms with E-state index >= 15 is 0 Å². The van der Waals surface area contributed by atoms with Crippen LogP contribution in [-0.4, -0.2) is 24.5 Å². The first-order chi connectivity index (χ1) is 10.7. The summed E-state index contributed by atoms with van der Waals surface area (Å²) >= 11 is 5.96. The smallest absolute Gasteiger partial charge is 0.258 e. The molecule has 1 amide bonds. The minimum atomic E-state index is 0.0231. The van der Waals surface area contributed by atoms with Gasteiger partial charge in [-0.3, -0.25) is 4.79 Å². The molecule has 0 N–H and O–H groups in total. The summed E-state index contributed by atoms with van der Waals surface area (Å²) in [6, 6.07) is 15.2. The molecule has 1 fully saturated rings. The second-order valence-electron chi connectivity index (χ2n) is 5.41. The molecular formula is C18H18ClNO2. The van der Waals surface area contributed by atoms with Gasteiger partial charge in [-0.15, -0.1) is 0 Å². The maximum atomic E-state index is 12.9. The lowest BCUT2D eigenvalue weighted by atomic mass is 10.0. The fourth-order valence-electron chi connectivity index (χ4n) is 3.02. The molecule has 2 aromatic rings. The second kappa shape index (κ2) is 6.41. The van der Waals surface area contributed by atoms with E-state index in [1.165, 1.54) is 0 Å². The fourth-order valence-corrected chi connectivity index (χ4v) is 3.14. The molecule has 1 aliphatic heterocycles. The standard InChI is InChI=1S/C18H18ClNO2/c1-22-17-7-3-2-5-15(17)18(21)20-12-4-6-16(20)13-8-10-14(19)11-9-13/h2-3,5,7-11,16H,4,6,12H2,1H3/t16-/m0/s1. The molecule has 1 atom stereocenters. The van der Waals surface area contributed by atoms with Gasteiger partial charge in [0.05, 0.1) is 18.7 Å². The van der Waals surface area contributed by atoms with Gasteiger partial charge in [-0.2, -0.15) is 0 Å². The topological polar surface area (TPSA) is 29.5 Å². The van der Waals surface area contributed by atoms with Crippen molar-refractivity contribution >= 4 is 17.5 Å². The van der Waals surface area contributed by atoms with Crippen molar-refractivity contribution in [2.45, 2.75) is 18.9 Å². The van der Waals surface area contributed by atoms with E-state index < -0.39 is 0 Å². The third-order valence-electron chi connectivity index (χ3n) is 4.11. The summed E-state index contributed by atoms with van der Waals surface area (Å²) in [6.07, 6.45) is 1.98. The molecule has 1 heterocycles. The summed E-state index contributed by atoms with van der Waals surface area (Å²) in [5.74, 6) is 0.643. The molecule has 3 nitrogen and oxygen atoms in total. The average Bonchev–Trinajstić information content (AvgIpc) is 3.04. The summed E-state index contributed by atoms with van der Waals surface area (Å²) in [5.41, 5.74) is 1.75. The molecular weight excluding hydrogens is 298 g/mol. The summed E-state index contributed by atoms with van der Waals surface area (Å²) in [5, 5.41) is 0.712. The van der Waals surface area contributed by atoms with Crippen LogP contribution in [0, 0.1) is 0 Å². The molecule has 0 spiro atoms. The number of hydrogen-bond donors (Lipinski definition) is 0. The van der Waals surface area contributed by atoms with Crippen LogP contribution in [0.1, 0.15) is 34.8 Å². The van der Waals surface area contributed by atoms with Gasteiger partial charge in [0.25, 0.3) is 5.91 Å². The first-order valence-electron chi connectivity index (χ1n) is 7.40. The van der Waals surface area contributed by atoms with Crippen molar-refractivity contribution in [1.29, 1.82) is 0 Å². The number of carbonyl (C=O) groups is 1. The molecule has 2 aromatic carbocycles. The molecule has 0 saturated carbocycles. The zero-order valence-corrected chi connectivity index (χ0v) is 13.2. The van der Waals surface area contributed by atoms with Gasteiger partial charge in [-0.05, 0) is 42.7 Å². The number of amides is 1. The van der Waals surface area contributed by atoms with Crippen LogP contribution in [0.3, 0.4) is 0 Å². The molecule has 0 bridgehead atoms. The van der Waals surface area contributed by atoms with Crippen molar-refractivity contribution in [2.24, 2.45) is 0 Å². The Hall–Kier alpha value is -2.00. The van der Waals surface area contributed by atoms with Crippen LogP contribution in [-0.2, 0) is 0 Å². The van der Waals surface area contributed by atoms with Gasteiger partial charge < -0.3 is 9.64 Å². The highest BCUT2D eigenvalue weighted by molar-refractivity contribution is 6.30. The number of para-hydroxylation sites is 1. The number of methoxy groups -OCH3 is 1. The number of halogens is 1. The molecule has 1 saturated heterocycles. The lowest BCUT2D eigenvalue weighted by molar-refractivity contribution is 0.0732. The number of likely N-dealkylation sites (tertiary alicyclic amines) is 1. The van der Waals surface area contributed by atoms with Gasteiger partial charge in [0.1, 0.15) is 5.75 Å². The van der Waals surface area contributed by atoms with Crippen molar-refractivity contribution in [3.63, 3.8) is 0 Å². The van der Waals surface area contributed by atoms with Gasteiger partial charge in [0.2, 0.25) is 0 Å². The Morgan fingerprint density at radius 3 is 2.64 bits per heavy atom. The van der Waals surface area contributed by atoms with E-state index in [1.54, 1.807) is 7.11 Å². The average molecular weight is 316 g/mol. The number of benzene rings is 2. The predicted octanol–water partition coefficient (Wildman–Crippen LogP) is 4.33. The van der Waals surface area contributed by atoms with Crippen LogP contribution in [0.4, 0.5) is 0 Å². The Morgan fingerprint density at radius 2 is 1.91 bits per heavy atom. The van der Waals surface area contributed by atoms with E-state index in [0.717, 1.165) is 24.9 Å². The van der Waals surface area contributed by atoms with Crippen LogP contribution in [0.2, 0.25) is 5.02 Å². The second-order valence-corrected chi connectivity index (χ2v) is 5.84. The van der Waals surface area contributed by atoms with Gasteiger partial charge in [0, 0.05) is 11.6 Å². The Kier molecular flexibility index (Phi) is 4.34. The van der Waals surface area contributed by atoms with Gasteiger partial charge >= 0.3 is 0 Å². The molecule has 4 heteroatoms. The van der Waals surface area contributed by atoms with Crippen LogP contribution in [0.5, 0.6) is 5.75 Å². The molecule has 1 aliphatic rings. The zero-order valence-electron chi connectivity index (χ0n) is 12.5. The number of carbonyl (C=O) groups excluding carboxylic acids is 1. The van der Waals surface area contributed by atoms with Gasteiger partial charge in [-0.1, -0.05) is 35.9 Å². The van der Waals surface area contributed by atoms with Crippen molar-refractivity contribution in [3.05, 3.63) is 64.7 Å². The highest BCUT2D eigenvalue weighted by Gasteiger charge is 2.31. The minimum absolute atomic E-state index is 0.0231. The van der Waals surface area contributed by atoms with Crippen molar-refractivity contribution in [1.82, 2.24) is 4.90 Å². The largest absolute Gasteiger partial charge is 0.496 e. The van der Waals surface area contributed by atoms with E-state index in [0.29, 0.717) is 16.3 Å². The SMILES string of the molecule is COc1ccccc1C(=O)N1CCC[C@H]1c1ccc(Cl)cc1.